The van der Waals surface area contributed by atoms with Crippen LogP contribution >= 0.6 is 0 Å². The standard InChI is InChI=1S/C11H17NO/c1-8-4-3-5-11-10(8)6-7-12(11)9(2)13/h4,10-11H,3,5-7H2,1-2H3. The predicted molar refractivity (Wildman–Crippen MR) is 52.3 cm³/mol. The van der Waals surface area contributed by atoms with Gasteiger partial charge >= 0.3 is 0 Å². The lowest BCUT2D eigenvalue weighted by molar-refractivity contribution is -0.130. The van der Waals surface area contributed by atoms with Gasteiger partial charge in [0.2, 0.25) is 5.91 Å². The Bertz CT molecular complexity index is 257. The molecule has 1 aliphatic carbocycles. The molecule has 1 amide bonds. The third-order valence-corrected chi connectivity index (χ3v) is 3.46. The average Bonchev–Trinajstić information content (AvgIpc) is 2.48. The highest BCUT2D eigenvalue weighted by molar-refractivity contribution is 5.74. The molecule has 2 heteroatoms. The van der Waals surface area contributed by atoms with Gasteiger partial charge in [0.15, 0.2) is 0 Å². The smallest absolute Gasteiger partial charge is 0.219 e. The predicted octanol–water partition coefficient (Wildman–Crippen LogP) is 1.96. The van der Waals surface area contributed by atoms with Gasteiger partial charge in [0.1, 0.15) is 0 Å². The van der Waals surface area contributed by atoms with Crippen LogP contribution in [-0.4, -0.2) is 23.4 Å². The zero-order valence-corrected chi connectivity index (χ0v) is 8.42. The van der Waals surface area contributed by atoms with E-state index in [0.29, 0.717) is 12.0 Å². The van der Waals surface area contributed by atoms with Crippen molar-refractivity contribution >= 4 is 5.91 Å². The van der Waals surface area contributed by atoms with Crippen LogP contribution in [-0.2, 0) is 4.79 Å². The number of carbonyl (C=O) groups is 1. The molecule has 1 saturated heterocycles. The first kappa shape index (κ1) is 8.79. The number of hydrogen-bond donors (Lipinski definition) is 0. The van der Waals surface area contributed by atoms with Crippen LogP contribution < -0.4 is 0 Å². The average molecular weight is 179 g/mol. The van der Waals surface area contributed by atoms with Gasteiger partial charge in [0.05, 0.1) is 0 Å². The van der Waals surface area contributed by atoms with E-state index in [9.17, 15) is 4.79 Å². The number of fused-ring (bicyclic) bond motifs is 1. The third-order valence-electron chi connectivity index (χ3n) is 3.46. The molecule has 13 heavy (non-hydrogen) atoms. The molecule has 0 spiro atoms. The lowest BCUT2D eigenvalue weighted by atomic mass is 9.85. The molecule has 1 aliphatic heterocycles. The number of hydrogen-bond acceptors (Lipinski definition) is 1. The van der Waals surface area contributed by atoms with Gasteiger partial charge in [-0.25, -0.2) is 0 Å². The SMILES string of the molecule is CC(=O)N1CCC2C(C)=CCCC21. The highest BCUT2D eigenvalue weighted by atomic mass is 16.2. The summed E-state index contributed by atoms with van der Waals surface area (Å²) in [6, 6.07) is 0.516. The second kappa shape index (κ2) is 3.17. The Hall–Kier alpha value is -0.790. The van der Waals surface area contributed by atoms with E-state index in [-0.39, 0.29) is 5.91 Å². The molecule has 0 radical (unpaired) electrons. The third kappa shape index (κ3) is 1.38. The molecule has 2 aliphatic rings. The van der Waals surface area contributed by atoms with Crippen LogP contribution in [0.25, 0.3) is 0 Å². The fourth-order valence-electron chi connectivity index (χ4n) is 2.77. The molecule has 0 saturated carbocycles. The Morgan fingerprint density at radius 3 is 3.00 bits per heavy atom. The highest BCUT2D eigenvalue weighted by Gasteiger charge is 2.37. The molecular formula is C11H17NO. The zero-order chi connectivity index (χ0) is 9.42. The first-order valence-corrected chi connectivity index (χ1v) is 5.14. The lowest BCUT2D eigenvalue weighted by Crippen LogP contribution is -2.37. The number of allylic oxidation sites excluding steroid dienone is 1. The van der Waals surface area contributed by atoms with Crippen LogP contribution in [0.2, 0.25) is 0 Å². The maximum absolute atomic E-state index is 11.3. The maximum Gasteiger partial charge on any atom is 0.219 e. The number of amides is 1. The minimum Gasteiger partial charge on any atom is -0.339 e. The van der Waals surface area contributed by atoms with E-state index in [0.717, 1.165) is 13.0 Å². The molecule has 2 nitrogen and oxygen atoms in total. The fraction of sp³-hybridized carbons (Fsp3) is 0.727. The molecule has 72 valence electrons. The molecule has 1 heterocycles. The second-order valence-electron chi connectivity index (χ2n) is 4.20. The summed E-state index contributed by atoms with van der Waals surface area (Å²) < 4.78 is 0. The van der Waals surface area contributed by atoms with Crippen molar-refractivity contribution in [1.82, 2.24) is 4.90 Å². The van der Waals surface area contributed by atoms with Gasteiger partial charge in [-0.1, -0.05) is 11.6 Å². The van der Waals surface area contributed by atoms with Crippen molar-refractivity contribution < 1.29 is 4.79 Å². The van der Waals surface area contributed by atoms with Gasteiger partial charge in [-0.3, -0.25) is 4.79 Å². The summed E-state index contributed by atoms with van der Waals surface area (Å²) in [6.45, 7) is 4.87. The monoisotopic (exact) mass is 179 g/mol. The molecule has 0 bridgehead atoms. The van der Waals surface area contributed by atoms with E-state index in [2.05, 4.69) is 17.9 Å². The van der Waals surface area contributed by atoms with Crippen molar-refractivity contribution in [2.24, 2.45) is 5.92 Å². The quantitative estimate of drug-likeness (QED) is 0.520. The van der Waals surface area contributed by atoms with E-state index in [1.165, 1.54) is 18.4 Å². The summed E-state index contributed by atoms with van der Waals surface area (Å²) in [6.07, 6.45) is 5.83. The summed E-state index contributed by atoms with van der Waals surface area (Å²) in [4.78, 5) is 13.4. The van der Waals surface area contributed by atoms with Crippen molar-refractivity contribution in [2.75, 3.05) is 6.54 Å². The van der Waals surface area contributed by atoms with Crippen LogP contribution in [0.3, 0.4) is 0 Å². The van der Waals surface area contributed by atoms with E-state index in [1.54, 1.807) is 6.92 Å². The first-order chi connectivity index (χ1) is 6.20. The van der Waals surface area contributed by atoms with Crippen LogP contribution in [0.5, 0.6) is 0 Å². The van der Waals surface area contributed by atoms with Gasteiger partial charge in [0.25, 0.3) is 0 Å². The van der Waals surface area contributed by atoms with Crippen molar-refractivity contribution in [1.29, 1.82) is 0 Å². The minimum atomic E-state index is 0.252. The number of carbonyl (C=O) groups excluding carboxylic acids is 1. The summed E-state index contributed by atoms with van der Waals surface area (Å²) in [5.41, 5.74) is 1.50. The van der Waals surface area contributed by atoms with Crippen LogP contribution in [0.1, 0.15) is 33.1 Å². The highest BCUT2D eigenvalue weighted by Crippen LogP contribution is 2.36. The van der Waals surface area contributed by atoms with E-state index < -0.39 is 0 Å². The van der Waals surface area contributed by atoms with Gasteiger partial charge in [0, 0.05) is 25.4 Å². The van der Waals surface area contributed by atoms with Crippen molar-refractivity contribution in [3.8, 4) is 0 Å². The Morgan fingerprint density at radius 1 is 1.54 bits per heavy atom. The first-order valence-electron chi connectivity index (χ1n) is 5.14. The zero-order valence-electron chi connectivity index (χ0n) is 8.42. The molecule has 0 aromatic rings. The van der Waals surface area contributed by atoms with Gasteiger partial charge in [-0.2, -0.15) is 0 Å². The van der Waals surface area contributed by atoms with E-state index >= 15 is 0 Å². The van der Waals surface area contributed by atoms with Crippen molar-refractivity contribution in [3.63, 3.8) is 0 Å². The van der Waals surface area contributed by atoms with Gasteiger partial charge < -0.3 is 4.90 Å². The molecule has 2 atom stereocenters. The van der Waals surface area contributed by atoms with Gasteiger partial charge in [-0.05, 0) is 26.2 Å². The molecule has 0 aromatic heterocycles. The second-order valence-corrected chi connectivity index (χ2v) is 4.20. The van der Waals surface area contributed by atoms with Crippen molar-refractivity contribution in [3.05, 3.63) is 11.6 Å². The van der Waals surface area contributed by atoms with Gasteiger partial charge in [-0.15, -0.1) is 0 Å². The molecule has 2 unspecified atom stereocenters. The fourth-order valence-corrected chi connectivity index (χ4v) is 2.77. The van der Waals surface area contributed by atoms with Crippen molar-refractivity contribution in [2.45, 2.75) is 39.2 Å². The van der Waals surface area contributed by atoms with E-state index in [1.807, 2.05) is 0 Å². The molecule has 0 N–H and O–H groups in total. The Labute approximate surface area is 79.6 Å². The Kier molecular flexibility index (Phi) is 2.14. The Morgan fingerprint density at radius 2 is 2.31 bits per heavy atom. The lowest BCUT2D eigenvalue weighted by Gasteiger charge is -2.30. The normalized spacial score (nSPS) is 32.8. The largest absolute Gasteiger partial charge is 0.339 e. The summed E-state index contributed by atoms with van der Waals surface area (Å²) in [5, 5.41) is 0. The molecule has 2 rings (SSSR count). The van der Waals surface area contributed by atoms with Crippen LogP contribution in [0.15, 0.2) is 11.6 Å². The minimum absolute atomic E-state index is 0.252. The number of rotatable bonds is 0. The summed E-state index contributed by atoms with van der Waals surface area (Å²) in [7, 11) is 0. The van der Waals surface area contributed by atoms with Crippen LogP contribution in [0, 0.1) is 5.92 Å². The Balaban J connectivity index is 2.17. The molecule has 0 aromatic carbocycles. The summed E-state index contributed by atoms with van der Waals surface area (Å²) >= 11 is 0. The molecular weight excluding hydrogens is 162 g/mol. The molecule has 1 fully saturated rings. The van der Waals surface area contributed by atoms with Crippen LogP contribution in [0.4, 0.5) is 0 Å². The van der Waals surface area contributed by atoms with E-state index in [4.69, 9.17) is 0 Å². The topological polar surface area (TPSA) is 20.3 Å². The maximum atomic E-state index is 11.3. The number of likely N-dealkylation sites (tertiary alicyclic amines) is 1. The number of nitrogens with zero attached hydrogens (tertiary/aromatic N) is 1. The summed E-state index contributed by atoms with van der Waals surface area (Å²) in [5.74, 6) is 0.917.